The highest BCUT2D eigenvalue weighted by atomic mass is 16.5. The Kier molecular flexibility index (Phi) is 3.16. The maximum Gasteiger partial charge on any atom is 0.161 e. The largest absolute Gasteiger partial charge is 0.473 e. The molecule has 0 fully saturated rings. The number of para-hydroxylation sites is 1. The second-order valence-corrected chi connectivity index (χ2v) is 5.33. The molecule has 1 heterocycles. The molecule has 0 bridgehead atoms. The van der Waals surface area contributed by atoms with E-state index in [1.807, 2.05) is 6.07 Å². The Labute approximate surface area is 114 Å². The van der Waals surface area contributed by atoms with E-state index in [0.29, 0.717) is 12.6 Å². The first kappa shape index (κ1) is 12.1. The third-order valence-electron chi connectivity index (χ3n) is 3.61. The molecule has 2 aromatic carbocycles. The van der Waals surface area contributed by atoms with Crippen LogP contribution in [0, 0.1) is 0 Å². The zero-order valence-electron chi connectivity index (χ0n) is 11.5. The fourth-order valence-electron chi connectivity index (χ4n) is 2.43. The van der Waals surface area contributed by atoms with Gasteiger partial charge in [0.05, 0.1) is 0 Å². The lowest BCUT2D eigenvalue weighted by Crippen LogP contribution is -2.31. The number of fused-ring (bicyclic) bond motifs is 1. The van der Waals surface area contributed by atoms with Gasteiger partial charge in [-0.3, -0.25) is 0 Å². The average molecular weight is 253 g/mol. The molecule has 0 aromatic heterocycles. The van der Waals surface area contributed by atoms with Gasteiger partial charge in [0.1, 0.15) is 5.75 Å². The third kappa shape index (κ3) is 2.43. The first-order valence-electron chi connectivity index (χ1n) is 6.79. The highest BCUT2D eigenvalue weighted by Gasteiger charge is 2.18. The van der Waals surface area contributed by atoms with Crippen LogP contribution in [0.3, 0.4) is 0 Å². The summed E-state index contributed by atoms with van der Waals surface area (Å²) in [5.41, 5.74) is 3.86. The van der Waals surface area contributed by atoms with Crippen molar-refractivity contribution in [3.8, 4) is 5.75 Å². The summed E-state index contributed by atoms with van der Waals surface area (Å²) >= 11 is 0. The van der Waals surface area contributed by atoms with Crippen molar-refractivity contribution in [3.63, 3.8) is 0 Å². The minimum atomic E-state index is 0.553. The molecule has 0 atom stereocenters. The second-order valence-electron chi connectivity index (χ2n) is 5.33. The minimum absolute atomic E-state index is 0.553. The molecule has 19 heavy (non-hydrogen) atoms. The molecule has 1 aliphatic heterocycles. The van der Waals surface area contributed by atoms with Crippen molar-refractivity contribution < 1.29 is 4.74 Å². The van der Waals surface area contributed by atoms with Gasteiger partial charge < -0.3 is 9.64 Å². The summed E-state index contributed by atoms with van der Waals surface area (Å²) in [6.45, 7) is 5.98. The van der Waals surface area contributed by atoms with Gasteiger partial charge >= 0.3 is 0 Å². The fraction of sp³-hybridized carbons (Fsp3) is 0.294. The van der Waals surface area contributed by atoms with Gasteiger partial charge in [0.15, 0.2) is 6.73 Å². The standard InChI is InChI=1S/C17H19NO/c1-13(2)14-8-9-17-15(10-14)11-18(12-19-17)16-6-4-3-5-7-16/h3-10,13H,11-12H2,1-2H3. The molecule has 0 spiro atoms. The predicted octanol–water partition coefficient (Wildman–Crippen LogP) is 4.17. The predicted molar refractivity (Wildman–Crippen MR) is 78.7 cm³/mol. The number of rotatable bonds is 2. The van der Waals surface area contributed by atoms with Gasteiger partial charge in [0.25, 0.3) is 0 Å². The summed E-state index contributed by atoms with van der Waals surface area (Å²) in [5.74, 6) is 1.58. The number of hydrogen-bond acceptors (Lipinski definition) is 2. The molecule has 98 valence electrons. The molecule has 1 aliphatic rings. The molecule has 0 saturated heterocycles. The average Bonchev–Trinajstić information content (AvgIpc) is 2.47. The van der Waals surface area contributed by atoms with Crippen LogP contribution < -0.4 is 9.64 Å². The molecule has 2 aromatic rings. The van der Waals surface area contributed by atoms with E-state index in [2.05, 4.69) is 61.2 Å². The van der Waals surface area contributed by atoms with E-state index >= 15 is 0 Å². The molecule has 0 aliphatic carbocycles. The molecule has 0 saturated carbocycles. The smallest absolute Gasteiger partial charge is 0.161 e. The Hall–Kier alpha value is -1.96. The Morgan fingerprint density at radius 2 is 1.84 bits per heavy atom. The van der Waals surface area contributed by atoms with Crippen LogP contribution in [0.4, 0.5) is 5.69 Å². The molecule has 2 nitrogen and oxygen atoms in total. The SMILES string of the molecule is CC(C)c1ccc2c(c1)CN(c1ccccc1)CO2. The Morgan fingerprint density at radius 3 is 2.58 bits per heavy atom. The molecular weight excluding hydrogens is 234 g/mol. The fourth-order valence-corrected chi connectivity index (χ4v) is 2.43. The first-order valence-corrected chi connectivity index (χ1v) is 6.79. The van der Waals surface area contributed by atoms with E-state index in [1.165, 1.54) is 16.8 Å². The molecular formula is C17H19NO. The Balaban J connectivity index is 1.88. The van der Waals surface area contributed by atoms with E-state index in [4.69, 9.17) is 4.74 Å². The highest BCUT2D eigenvalue weighted by molar-refractivity contribution is 5.50. The summed E-state index contributed by atoms with van der Waals surface area (Å²) in [4.78, 5) is 2.26. The van der Waals surface area contributed by atoms with Gasteiger partial charge in [-0.05, 0) is 29.7 Å². The summed E-state index contributed by atoms with van der Waals surface area (Å²) in [7, 11) is 0. The normalized spacial score (nSPS) is 14.2. The van der Waals surface area contributed by atoms with E-state index in [0.717, 1.165) is 12.3 Å². The van der Waals surface area contributed by atoms with Crippen molar-refractivity contribution in [2.75, 3.05) is 11.6 Å². The van der Waals surface area contributed by atoms with E-state index in [1.54, 1.807) is 0 Å². The van der Waals surface area contributed by atoms with Crippen LogP contribution in [-0.2, 0) is 6.54 Å². The zero-order valence-corrected chi connectivity index (χ0v) is 11.5. The van der Waals surface area contributed by atoms with E-state index in [9.17, 15) is 0 Å². The van der Waals surface area contributed by atoms with Crippen molar-refractivity contribution in [1.29, 1.82) is 0 Å². The molecule has 2 heteroatoms. The van der Waals surface area contributed by atoms with Gasteiger partial charge in [-0.1, -0.05) is 44.2 Å². The topological polar surface area (TPSA) is 12.5 Å². The monoisotopic (exact) mass is 253 g/mol. The molecule has 0 N–H and O–H groups in total. The van der Waals surface area contributed by atoms with Crippen LogP contribution in [0.25, 0.3) is 0 Å². The number of ether oxygens (including phenoxy) is 1. The molecule has 0 unspecified atom stereocenters. The van der Waals surface area contributed by atoms with E-state index < -0.39 is 0 Å². The van der Waals surface area contributed by atoms with Crippen LogP contribution in [0.1, 0.15) is 30.9 Å². The zero-order chi connectivity index (χ0) is 13.2. The number of hydrogen-bond donors (Lipinski definition) is 0. The van der Waals surface area contributed by atoms with Crippen molar-refractivity contribution in [3.05, 3.63) is 59.7 Å². The van der Waals surface area contributed by atoms with Gasteiger partial charge in [-0.15, -0.1) is 0 Å². The van der Waals surface area contributed by atoms with Crippen molar-refractivity contribution in [2.24, 2.45) is 0 Å². The second kappa shape index (κ2) is 4.96. The van der Waals surface area contributed by atoms with Crippen LogP contribution in [-0.4, -0.2) is 6.73 Å². The van der Waals surface area contributed by atoms with Crippen molar-refractivity contribution in [2.45, 2.75) is 26.3 Å². The Morgan fingerprint density at radius 1 is 1.05 bits per heavy atom. The lowest BCUT2D eigenvalue weighted by Gasteiger charge is -2.31. The van der Waals surface area contributed by atoms with Crippen LogP contribution >= 0.6 is 0 Å². The van der Waals surface area contributed by atoms with Crippen molar-refractivity contribution >= 4 is 5.69 Å². The van der Waals surface area contributed by atoms with Crippen LogP contribution in [0.15, 0.2) is 48.5 Å². The maximum atomic E-state index is 5.85. The number of benzene rings is 2. The highest BCUT2D eigenvalue weighted by Crippen LogP contribution is 2.30. The summed E-state index contributed by atoms with van der Waals surface area (Å²) in [6.07, 6.45) is 0. The molecule has 0 amide bonds. The van der Waals surface area contributed by atoms with Gasteiger partial charge in [0, 0.05) is 17.8 Å². The van der Waals surface area contributed by atoms with Crippen molar-refractivity contribution in [1.82, 2.24) is 0 Å². The summed E-state index contributed by atoms with van der Waals surface area (Å²) in [5, 5.41) is 0. The van der Waals surface area contributed by atoms with Gasteiger partial charge in [-0.25, -0.2) is 0 Å². The lowest BCUT2D eigenvalue weighted by atomic mass is 9.99. The first-order chi connectivity index (χ1) is 9.24. The molecule has 0 radical (unpaired) electrons. The quantitative estimate of drug-likeness (QED) is 0.796. The van der Waals surface area contributed by atoms with Crippen LogP contribution in [0.2, 0.25) is 0 Å². The summed E-state index contributed by atoms with van der Waals surface area (Å²) in [6, 6.07) is 17.0. The maximum absolute atomic E-state index is 5.85. The van der Waals surface area contributed by atoms with Crippen LogP contribution in [0.5, 0.6) is 5.75 Å². The Bertz CT molecular complexity index is 563. The number of anilines is 1. The lowest BCUT2D eigenvalue weighted by molar-refractivity contribution is 0.289. The van der Waals surface area contributed by atoms with Gasteiger partial charge in [0.2, 0.25) is 0 Å². The van der Waals surface area contributed by atoms with E-state index in [-0.39, 0.29) is 0 Å². The molecule has 3 rings (SSSR count). The number of nitrogens with zero attached hydrogens (tertiary/aromatic N) is 1. The summed E-state index contributed by atoms with van der Waals surface area (Å²) < 4.78 is 5.85. The van der Waals surface area contributed by atoms with Gasteiger partial charge in [-0.2, -0.15) is 0 Å². The third-order valence-corrected chi connectivity index (χ3v) is 3.61. The minimum Gasteiger partial charge on any atom is -0.473 e.